The fraction of sp³-hybridized carbons (Fsp3) is 0.231. The lowest BCUT2D eigenvalue weighted by Gasteiger charge is -2.12. The van der Waals surface area contributed by atoms with Crippen molar-refractivity contribution in [2.75, 3.05) is 0 Å². The number of nitrogens with zero attached hydrogens (tertiary/aromatic N) is 1. The minimum Gasteiger partial charge on any atom is -0.345 e. The van der Waals surface area contributed by atoms with Gasteiger partial charge in [-0.3, -0.25) is 4.79 Å². The topological polar surface area (TPSA) is 42.0 Å². The van der Waals surface area contributed by atoms with E-state index in [1.807, 2.05) is 26.0 Å². The Bertz CT molecular complexity index is 568. The summed E-state index contributed by atoms with van der Waals surface area (Å²) in [5, 5.41) is 3.26. The molecule has 0 aromatic carbocycles. The molecule has 0 fully saturated rings. The Hall–Kier alpha value is -1.39. The first kappa shape index (κ1) is 13.1. The van der Waals surface area contributed by atoms with Gasteiger partial charge in [0.05, 0.1) is 6.04 Å². The van der Waals surface area contributed by atoms with Crippen molar-refractivity contribution in [1.82, 2.24) is 10.3 Å². The molecule has 1 N–H and O–H groups in total. The van der Waals surface area contributed by atoms with Crippen LogP contribution in [-0.4, -0.2) is 10.9 Å². The first-order chi connectivity index (χ1) is 8.56. The average molecular weight is 281 g/mol. The third-order valence-corrected chi connectivity index (χ3v) is 3.91. The summed E-state index contributed by atoms with van der Waals surface area (Å²) in [5.74, 6) is -0.141. The molecule has 2 aromatic rings. The molecule has 0 bridgehead atoms. The lowest BCUT2D eigenvalue weighted by molar-refractivity contribution is 0.0940. The lowest BCUT2D eigenvalue weighted by Crippen LogP contribution is -2.26. The number of amides is 1. The van der Waals surface area contributed by atoms with Crippen LogP contribution >= 0.6 is 22.9 Å². The van der Waals surface area contributed by atoms with E-state index in [1.165, 1.54) is 11.1 Å². The smallest absolute Gasteiger partial charge is 0.251 e. The second kappa shape index (κ2) is 5.50. The number of thiophene rings is 1. The third-order valence-electron chi connectivity index (χ3n) is 2.52. The van der Waals surface area contributed by atoms with Crippen LogP contribution < -0.4 is 5.32 Å². The summed E-state index contributed by atoms with van der Waals surface area (Å²) in [6.45, 7) is 4.01. The summed E-state index contributed by atoms with van der Waals surface area (Å²) in [4.78, 5) is 18.2. The molecular weight excluding hydrogens is 268 g/mol. The molecule has 0 aliphatic rings. The van der Waals surface area contributed by atoms with Gasteiger partial charge in [-0.2, -0.15) is 0 Å². The highest BCUT2D eigenvalue weighted by Gasteiger charge is 2.13. The molecule has 94 valence electrons. The molecule has 18 heavy (non-hydrogen) atoms. The van der Waals surface area contributed by atoms with Crippen molar-refractivity contribution in [3.05, 3.63) is 50.9 Å². The van der Waals surface area contributed by atoms with Crippen molar-refractivity contribution in [1.29, 1.82) is 0 Å². The molecule has 2 aromatic heterocycles. The van der Waals surface area contributed by atoms with Crippen molar-refractivity contribution < 1.29 is 4.79 Å². The van der Waals surface area contributed by atoms with Crippen LogP contribution in [0.2, 0.25) is 5.15 Å². The van der Waals surface area contributed by atoms with Crippen LogP contribution in [0.3, 0.4) is 0 Å². The van der Waals surface area contributed by atoms with Gasteiger partial charge < -0.3 is 5.32 Å². The average Bonchev–Trinajstić information content (AvgIpc) is 2.76. The second-order valence-electron chi connectivity index (χ2n) is 4.01. The predicted octanol–water partition coefficient (Wildman–Crippen LogP) is 3.60. The maximum atomic E-state index is 12.0. The molecule has 0 saturated heterocycles. The lowest BCUT2D eigenvalue weighted by atomic mass is 10.2. The SMILES string of the molecule is Cc1ccc(C(C)NC(=O)c2ccnc(Cl)c2)s1. The standard InChI is InChI=1S/C13H13ClN2OS/c1-8-3-4-11(18-8)9(2)16-13(17)10-5-6-15-12(14)7-10/h3-7,9H,1-2H3,(H,16,17). The Morgan fingerprint density at radius 1 is 1.44 bits per heavy atom. The van der Waals surface area contributed by atoms with E-state index < -0.39 is 0 Å². The molecule has 2 heterocycles. The highest BCUT2D eigenvalue weighted by molar-refractivity contribution is 7.12. The van der Waals surface area contributed by atoms with Crippen molar-refractivity contribution in [3.8, 4) is 0 Å². The maximum absolute atomic E-state index is 12.0. The van der Waals surface area contributed by atoms with E-state index in [4.69, 9.17) is 11.6 Å². The molecule has 2 rings (SSSR count). The number of aromatic nitrogens is 1. The van der Waals surface area contributed by atoms with E-state index in [0.29, 0.717) is 10.7 Å². The van der Waals surface area contributed by atoms with Crippen molar-refractivity contribution in [2.45, 2.75) is 19.9 Å². The van der Waals surface area contributed by atoms with E-state index in [9.17, 15) is 4.79 Å². The van der Waals surface area contributed by atoms with Gasteiger partial charge in [0, 0.05) is 21.5 Å². The first-order valence-electron chi connectivity index (χ1n) is 5.55. The largest absolute Gasteiger partial charge is 0.345 e. The van der Waals surface area contributed by atoms with Crippen LogP contribution in [0.4, 0.5) is 0 Å². The quantitative estimate of drug-likeness (QED) is 0.873. The summed E-state index contributed by atoms with van der Waals surface area (Å²) in [7, 11) is 0. The zero-order valence-electron chi connectivity index (χ0n) is 10.1. The minimum absolute atomic E-state index is 0.0110. The highest BCUT2D eigenvalue weighted by Crippen LogP contribution is 2.22. The van der Waals surface area contributed by atoms with Crippen molar-refractivity contribution in [2.24, 2.45) is 0 Å². The maximum Gasteiger partial charge on any atom is 0.251 e. The van der Waals surface area contributed by atoms with Gasteiger partial charge in [-0.25, -0.2) is 4.98 Å². The number of carbonyl (C=O) groups excluding carboxylic acids is 1. The summed E-state index contributed by atoms with van der Waals surface area (Å²) in [5.41, 5.74) is 0.523. The van der Waals surface area contributed by atoms with Crippen LogP contribution in [-0.2, 0) is 0 Å². The molecule has 0 aliphatic carbocycles. The Balaban J connectivity index is 2.08. The molecule has 0 aliphatic heterocycles. The van der Waals surface area contributed by atoms with E-state index in [0.717, 1.165) is 4.88 Å². The number of hydrogen-bond donors (Lipinski definition) is 1. The van der Waals surface area contributed by atoms with Gasteiger partial charge in [0.1, 0.15) is 5.15 Å². The van der Waals surface area contributed by atoms with Crippen LogP contribution in [0.25, 0.3) is 0 Å². The summed E-state index contributed by atoms with van der Waals surface area (Å²) in [6.07, 6.45) is 1.53. The fourth-order valence-corrected chi connectivity index (χ4v) is 2.63. The second-order valence-corrected chi connectivity index (χ2v) is 5.72. The first-order valence-corrected chi connectivity index (χ1v) is 6.74. The minimum atomic E-state index is -0.141. The normalized spacial score (nSPS) is 12.2. The molecule has 1 atom stereocenters. The van der Waals surface area contributed by atoms with Gasteiger partial charge in [-0.1, -0.05) is 11.6 Å². The number of rotatable bonds is 3. The summed E-state index contributed by atoms with van der Waals surface area (Å²) >= 11 is 7.44. The molecule has 0 saturated carbocycles. The predicted molar refractivity (Wildman–Crippen MR) is 74.2 cm³/mol. The Morgan fingerprint density at radius 3 is 2.83 bits per heavy atom. The van der Waals surface area contributed by atoms with Gasteiger partial charge in [0.2, 0.25) is 0 Å². The molecule has 1 amide bonds. The molecule has 1 unspecified atom stereocenters. The van der Waals surface area contributed by atoms with Crippen molar-refractivity contribution >= 4 is 28.8 Å². The number of hydrogen-bond acceptors (Lipinski definition) is 3. The molecule has 0 radical (unpaired) electrons. The van der Waals surface area contributed by atoms with Gasteiger partial charge in [-0.15, -0.1) is 11.3 Å². The van der Waals surface area contributed by atoms with Gasteiger partial charge >= 0.3 is 0 Å². The van der Waals surface area contributed by atoms with Crippen LogP contribution in [0.15, 0.2) is 30.5 Å². The van der Waals surface area contributed by atoms with Gasteiger partial charge in [0.15, 0.2) is 0 Å². The monoisotopic (exact) mass is 280 g/mol. The molecule has 3 nitrogen and oxygen atoms in total. The van der Waals surface area contributed by atoms with E-state index in [1.54, 1.807) is 23.5 Å². The Kier molecular flexibility index (Phi) is 3.99. The highest BCUT2D eigenvalue weighted by atomic mass is 35.5. The van der Waals surface area contributed by atoms with Crippen LogP contribution in [0.1, 0.15) is 33.1 Å². The van der Waals surface area contributed by atoms with Crippen LogP contribution in [0.5, 0.6) is 0 Å². The summed E-state index contributed by atoms with van der Waals surface area (Å²) < 4.78 is 0. The zero-order valence-corrected chi connectivity index (χ0v) is 11.7. The number of aryl methyl sites for hydroxylation is 1. The van der Waals surface area contributed by atoms with E-state index >= 15 is 0 Å². The Morgan fingerprint density at radius 2 is 2.22 bits per heavy atom. The zero-order chi connectivity index (χ0) is 13.1. The van der Waals surface area contributed by atoms with E-state index in [-0.39, 0.29) is 11.9 Å². The van der Waals surface area contributed by atoms with Gasteiger partial charge in [0.25, 0.3) is 5.91 Å². The number of halogens is 1. The van der Waals surface area contributed by atoms with Crippen LogP contribution in [0, 0.1) is 6.92 Å². The van der Waals surface area contributed by atoms with Gasteiger partial charge in [-0.05, 0) is 38.1 Å². The van der Waals surface area contributed by atoms with E-state index in [2.05, 4.69) is 10.3 Å². The molecule has 0 spiro atoms. The fourth-order valence-electron chi connectivity index (χ4n) is 1.58. The number of nitrogens with one attached hydrogen (secondary N) is 1. The molecular formula is C13H13ClN2OS. The molecule has 5 heteroatoms. The number of pyridine rings is 1. The van der Waals surface area contributed by atoms with Crippen molar-refractivity contribution in [3.63, 3.8) is 0 Å². The number of carbonyl (C=O) groups is 1. The Labute approximate surface area is 115 Å². The summed E-state index contributed by atoms with van der Waals surface area (Å²) in [6, 6.07) is 7.27. The third kappa shape index (κ3) is 3.09.